The topological polar surface area (TPSA) is 85.8 Å². The van der Waals surface area contributed by atoms with Gasteiger partial charge in [0.2, 0.25) is 0 Å². The van der Waals surface area contributed by atoms with Crippen molar-refractivity contribution in [2.45, 2.75) is 12.8 Å². The molecule has 6 heteroatoms. The van der Waals surface area contributed by atoms with E-state index in [4.69, 9.17) is 5.73 Å². The number of hydrogen-bond acceptors (Lipinski definition) is 5. The van der Waals surface area contributed by atoms with Crippen molar-refractivity contribution < 1.29 is 4.79 Å². The fourth-order valence-electron chi connectivity index (χ4n) is 2.76. The molecule has 1 aliphatic carbocycles. The second-order valence-electron chi connectivity index (χ2n) is 5.48. The molecule has 0 radical (unpaired) electrons. The average Bonchev–Trinajstić information content (AvgIpc) is 3.20. The highest BCUT2D eigenvalue weighted by atomic mass is 16.1. The number of aryl methyl sites for hydroxylation is 1. The van der Waals surface area contributed by atoms with Crippen LogP contribution < -0.4 is 11.1 Å². The highest BCUT2D eigenvalue weighted by Crippen LogP contribution is 2.28. The van der Waals surface area contributed by atoms with Gasteiger partial charge in [-0.05, 0) is 48.4 Å². The summed E-state index contributed by atoms with van der Waals surface area (Å²) in [6.45, 7) is 0. The van der Waals surface area contributed by atoms with Crippen molar-refractivity contribution in [1.29, 1.82) is 0 Å². The van der Waals surface area contributed by atoms with Crippen LogP contribution in [0.5, 0.6) is 0 Å². The molecule has 2 heterocycles. The number of hydrogen-bond donors (Lipinski definition) is 2. The summed E-state index contributed by atoms with van der Waals surface area (Å²) in [6.07, 6.45) is 4.90. The van der Waals surface area contributed by atoms with Crippen LogP contribution in [0.25, 0.3) is 5.82 Å². The zero-order valence-electron chi connectivity index (χ0n) is 12.4. The lowest BCUT2D eigenvalue weighted by Crippen LogP contribution is -2.04. The molecule has 0 unspecified atom stereocenters. The molecule has 1 aromatic carbocycles. The molecule has 23 heavy (non-hydrogen) atoms. The monoisotopic (exact) mass is 305 g/mol. The molecule has 3 aromatic rings. The lowest BCUT2D eigenvalue weighted by atomic mass is 10.1. The number of nitrogens with one attached hydrogen (secondary N) is 1. The predicted octanol–water partition coefficient (Wildman–Crippen LogP) is 2.72. The summed E-state index contributed by atoms with van der Waals surface area (Å²) in [4.78, 5) is 16.2. The van der Waals surface area contributed by atoms with E-state index in [2.05, 4.69) is 15.4 Å². The van der Waals surface area contributed by atoms with Gasteiger partial charge in [-0.25, -0.2) is 9.67 Å². The number of ketones is 1. The van der Waals surface area contributed by atoms with E-state index < -0.39 is 0 Å². The quantitative estimate of drug-likeness (QED) is 0.777. The fraction of sp³-hybridized carbons (Fsp3) is 0.118. The Morgan fingerprint density at radius 1 is 1.17 bits per heavy atom. The number of pyridine rings is 1. The van der Waals surface area contributed by atoms with Crippen LogP contribution >= 0.6 is 0 Å². The van der Waals surface area contributed by atoms with Gasteiger partial charge in [-0.1, -0.05) is 0 Å². The van der Waals surface area contributed by atoms with Crippen molar-refractivity contribution in [3.05, 3.63) is 59.9 Å². The summed E-state index contributed by atoms with van der Waals surface area (Å²) >= 11 is 0. The lowest BCUT2D eigenvalue weighted by molar-refractivity contribution is 0.0994. The van der Waals surface area contributed by atoms with Crippen molar-refractivity contribution in [1.82, 2.24) is 14.8 Å². The van der Waals surface area contributed by atoms with Crippen molar-refractivity contribution in [3.63, 3.8) is 0 Å². The minimum Gasteiger partial charge on any atom is -0.396 e. The molecular weight excluding hydrogens is 290 g/mol. The van der Waals surface area contributed by atoms with E-state index in [1.165, 1.54) is 0 Å². The maximum absolute atomic E-state index is 11.7. The Labute approximate surface area is 133 Å². The third kappa shape index (κ3) is 2.44. The number of nitrogens with zero attached hydrogens (tertiary/aromatic N) is 3. The summed E-state index contributed by atoms with van der Waals surface area (Å²) in [5, 5.41) is 7.40. The second-order valence-corrected chi connectivity index (χ2v) is 5.48. The SMILES string of the molecule is Nc1ccc(-n2cccn2)nc1Nc1ccc2c(c1)CCC2=O. The van der Waals surface area contributed by atoms with Gasteiger partial charge in [-0.15, -0.1) is 0 Å². The summed E-state index contributed by atoms with van der Waals surface area (Å²) in [7, 11) is 0. The zero-order chi connectivity index (χ0) is 15.8. The standard InChI is InChI=1S/C17H15N5O/c18-14-5-7-16(22-9-1-8-19-22)21-17(14)20-12-3-4-13-11(10-12)2-6-15(13)23/h1,3-5,7-10H,2,6,18H2,(H,20,21). The number of carbonyl (C=O) groups excluding carboxylic acids is 1. The number of anilines is 3. The predicted molar refractivity (Wildman–Crippen MR) is 88.1 cm³/mol. The Bertz CT molecular complexity index is 886. The molecule has 6 nitrogen and oxygen atoms in total. The zero-order valence-corrected chi connectivity index (χ0v) is 12.4. The third-order valence-electron chi connectivity index (χ3n) is 3.94. The van der Waals surface area contributed by atoms with Gasteiger partial charge in [0, 0.05) is 30.1 Å². The third-order valence-corrected chi connectivity index (χ3v) is 3.94. The van der Waals surface area contributed by atoms with E-state index >= 15 is 0 Å². The summed E-state index contributed by atoms with van der Waals surface area (Å²) < 4.78 is 1.67. The van der Waals surface area contributed by atoms with Gasteiger partial charge in [0.1, 0.15) is 0 Å². The van der Waals surface area contributed by atoms with Gasteiger partial charge in [-0.2, -0.15) is 5.10 Å². The Morgan fingerprint density at radius 2 is 2.09 bits per heavy atom. The molecule has 0 spiro atoms. The molecule has 1 aliphatic rings. The molecule has 0 fully saturated rings. The number of nitrogens with two attached hydrogens (primary N) is 1. The Balaban J connectivity index is 1.66. The van der Waals surface area contributed by atoms with Gasteiger partial charge >= 0.3 is 0 Å². The van der Waals surface area contributed by atoms with Gasteiger partial charge in [0.15, 0.2) is 17.4 Å². The van der Waals surface area contributed by atoms with Crippen LogP contribution in [0.1, 0.15) is 22.3 Å². The van der Waals surface area contributed by atoms with Crippen LogP contribution in [0, 0.1) is 0 Å². The molecule has 0 atom stereocenters. The van der Waals surface area contributed by atoms with Crippen molar-refractivity contribution >= 4 is 23.0 Å². The van der Waals surface area contributed by atoms with Crippen LogP contribution in [-0.4, -0.2) is 20.5 Å². The van der Waals surface area contributed by atoms with Crippen molar-refractivity contribution in [2.24, 2.45) is 0 Å². The maximum atomic E-state index is 11.7. The first-order valence-electron chi connectivity index (χ1n) is 7.40. The van der Waals surface area contributed by atoms with Crippen LogP contribution in [0.4, 0.5) is 17.2 Å². The van der Waals surface area contributed by atoms with Gasteiger partial charge < -0.3 is 11.1 Å². The molecule has 0 bridgehead atoms. The first-order chi connectivity index (χ1) is 11.2. The van der Waals surface area contributed by atoms with Gasteiger partial charge in [0.05, 0.1) is 5.69 Å². The summed E-state index contributed by atoms with van der Waals surface area (Å²) in [5.41, 5.74) is 9.33. The molecule has 4 rings (SSSR count). The molecule has 0 saturated carbocycles. The van der Waals surface area contributed by atoms with Crippen LogP contribution in [-0.2, 0) is 6.42 Å². The molecule has 0 aliphatic heterocycles. The van der Waals surface area contributed by atoms with E-state index in [1.54, 1.807) is 16.9 Å². The number of nitrogen functional groups attached to an aromatic ring is 1. The lowest BCUT2D eigenvalue weighted by Gasteiger charge is -2.11. The van der Waals surface area contributed by atoms with Crippen LogP contribution in [0.2, 0.25) is 0 Å². The number of benzene rings is 1. The van der Waals surface area contributed by atoms with Crippen LogP contribution in [0.3, 0.4) is 0 Å². The number of fused-ring (bicyclic) bond motifs is 1. The largest absolute Gasteiger partial charge is 0.396 e. The van der Waals surface area contributed by atoms with Gasteiger partial charge in [-0.3, -0.25) is 4.79 Å². The minimum absolute atomic E-state index is 0.213. The normalized spacial score (nSPS) is 13.1. The first kappa shape index (κ1) is 13.5. The van der Waals surface area contributed by atoms with E-state index in [0.717, 1.165) is 23.2 Å². The highest BCUT2D eigenvalue weighted by molar-refractivity contribution is 6.00. The molecule has 0 saturated heterocycles. The first-order valence-corrected chi connectivity index (χ1v) is 7.40. The summed E-state index contributed by atoms with van der Waals surface area (Å²) in [5.74, 6) is 1.47. The van der Waals surface area contributed by atoms with E-state index in [9.17, 15) is 4.79 Å². The second kappa shape index (κ2) is 5.24. The maximum Gasteiger partial charge on any atom is 0.163 e. The molecule has 0 amide bonds. The fourth-order valence-corrected chi connectivity index (χ4v) is 2.76. The Morgan fingerprint density at radius 3 is 2.91 bits per heavy atom. The van der Waals surface area contributed by atoms with Crippen molar-refractivity contribution in [3.8, 4) is 5.82 Å². The van der Waals surface area contributed by atoms with E-state index in [-0.39, 0.29) is 5.78 Å². The van der Waals surface area contributed by atoms with Crippen molar-refractivity contribution in [2.75, 3.05) is 11.1 Å². The molecule has 2 aromatic heterocycles. The van der Waals surface area contributed by atoms with Crippen LogP contribution in [0.15, 0.2) is 48.8 Å². The molecule has 3 N–H and O–H groups in total. The minimum atomic E-state index is 0.213. The van der Waals surface area contributed by atoms with E-state index in [0.29, 0.717) is 23.7 Å². The highest BCUT2D eigenvalue weighted by Gasteiger charge is 2.19. The van der Waals surface area contributed by atoms with Gasteiger partial charge in [0.25, 0.3) is 0 Å². The number of rotatable bonds is 3. The average molecular weight is 305 g/mol. The molecular formula is C17H15N5O. The Kier molecular flexibility index (Phi) is 3.08. The number of Topliss-reactive ketones (excluding diaryl/α,β-unsaturated/α-hetero) is 1. The smallest absolute Gasteiger partial charge is 0.163 e. The number of aromatic nitrogens is 3. The Hall–Kier alpha value is -3.15. The van der Waals surface area contributed by atoms with E-state index in [1.807, 2.05) is 36.5 Å². The summed E-state index contributed by atoms with van der Waals surface area (Å²) in [6, 6.07) is 11.2. The number of carbonyl (C=O) groups is 1. The molecule has 114 valence electrons.